The average Bonchev–Trinajstić information content (AvgIpc) is 2.55. The number of nitrogens with zero attached hydrogens (tertiary/aromatic N) is 3. The summed E-state index contributed by atoms with van der Waals surface area (Å²) in [5, 5.41) is 13.4. The highest BCUT2D eigenvalue weighted by Crippen LogP contribution is 2.43. The Morgan fingerprint density at radius 2 is 1.89 bits per heavy atom. The number of rotatable bonds is 4. The Balaban J connectivity index is 3.03. The van der Waals surface area contributed by atoms with Gasteiger partial charge in [-0.05, 0) is 0 Å². The summed E-state index contributed by atoms with van der Waals surface area (Å²) in [6.45, 7) is 0. The van der Waals surface area contributed by atoms with Crippen molar-refractivity contribution in [2.75, 3.05) is 11.6 Å². The van der Waals surface area contributed by atoms with Crippen LogP contribution < -0.4 is 5.84 Å². The zero-order valence-electron chi connectivity index (χ0n) is 8.28. The van der Waals surface area contributed by atoms with Crippen LogP contribution in [0.5, 0.6) is 0 Å². The molecule has 0 atom stereocenters. The molecule has 0 unspecified atom stereocenters. The molecule has 1 rings (SSSR count). The first-order valence-corrected chi connectivity index (χ1v) is 5.06. The van der Waals surface area contributed by atoms with E-state index in [9.17, 15) is 26.7 Å². The van der Waals surface area contributed by atoms with Gasteiger partial charge in [0.05, 0.1) is 5.75 Å². The van der Waals surface area contributed by atoms with Crippen molar-refractivity contribution >= 4 is 17.7 Å². The molecule has 0 fully saturated rings. The summed E-state index contributed by atoms with van der Waals surface area (Å²) < 4.78 is 61.8. The standard InChI is InChI=1S/C6H5F5N4O2S/c7-5(8,6(9,10)11)3-13-14-4(15(3)12)18-1-2(16)17/h1,12H2,(H,16,17). The lowest BCUT2D eigenvalue weighted by atomic mass is 10.3. The fraction of sp³-hybridized carbons (Fsp3) is 0.500. The molecule has 0 spiro atoms. The topological polar surface area (TPSA) is 94.0 Å². The third-order valence-corrected chi connectivity index (χ3v) is 2.55. The van der Waals surface area contributed by atoms with Crippen LogP contribution in [-0.2, 0) is 10.7 Å². The molecule has 0 aliphatic carbocycles. The van der Waals surface area contributed by atoms with Crippen molar-refractivity contribution < 1.29 is 31.9 Å². The van der Waals surface area contributed by atoms with Crippen LogP contribution in [0, 0.1) is 0 Å². The second-order valence-electron chi connectivity index (χ2n) is 2.93. The number of carboxylic acids is 1. The molecular weight excluding hydrogens is 287 g/mol. The molecule has 3 N–H and O–H groups in total. The number of hydrogen-bond donors (Lipinski definition) is 2. The molecule has 1 aromatic heterocycles. The van der Waals surface area contributed by atoms with E-state index >= 15 is 0 Å². The van der Waals surface area contributed by atoms with Gasteiger partial charge in [-0.1, -0.05) is 11.8 Å². The molecule has 1 heterocycles. The fourth-order valence-electron chi connectivity index (χ4n) is 0.843. The molecule has 0 bridgehead atoms. The minimum atomic E-state index is -5.87. The van der Waals surface area contributed by atoms with Crippen molar-refractivity contribution in [2.24, 2.45) is 0 Å². The average molecular weight is 292 g/mol. The van der Waals surface area contributed by atoms with Gasteiger partial charge < -0.3 is 10.9 Å². The third kappa shape index (κ3) is 2.63. The first kappa shape index (κ1) is 14.5. The van der Waals surface area contributed by atoms with Gasteiger partial charge in [0.2, 0.25) is 11.0 Å². The number of hydrogen-bond acceptors (Lipinski definition) is 5. The lowest BCUT2D eigenvalue weighted by molar-refractivity contribution is -0.293. The van der Waals surface area contributed by atoms with E-state index in [0.29, 0.717) is 11.8 Å². The maximum absolute atomic E-state index is 12.9. The molecule has 18 heavy (non-hydrogen) atoms. The minimum Gasteiger partial charge on any atom is -0.481 e. The first-order valence-electron chi connectivity index (χ1n) is 4.07. The van der Waals surface area contributed by atoms with Crippen molar-refractivity contribution in [3.05, 3.63) is 5.82 Å². The zero-order valence-corrected chi connectivity index (χ0v) is 9.10. The van der Waals surface area contributed by atoms with Crippen LogP contribution in [-0.4, -0.2) is 37.9 Å². The maximum Gasteiger partial charge on any atom is 0.461 e. The lowest BCUT2D eigenvalue weighted by Crippen LogP contribution is -2.38. The molecule has 0 saturated carbocycles. The van der Waals surface area contributed by atoms with Crippen LogP contribution in [0.3, 0.4) is 0 Å². The molecule has 12 heteroatoms. The van der Waals surface area contributed by atoms with E-state index in [1.54, 1.807) is 0 Å². The van der Waals surface area contributed by atoms with Gasteiger partial charge >= 0.3 is 18.1 Å². The largest absolute Gasteiger partial charge is 0.481 e. The zero-order chi connectivity index (χ0) is 14.1. The monoisotopic (exact) mass is 292 g/mol. The smallest absolute Gasteiger partial charge is 0.461 e. The summed E-state index contributed by atoms with van der Waals surface area (Å²) in [5.41, 5.74) is 0. The van der Waals surface area contributed by atoms with Gasteiger partial charge in [0.1, 0.15) is 0 Å². The Bertz CT molecular complexity index is 459. The second kappa shape index (κ2) is 4.59. The van der Waals surface area contributed by atoms with Crippen molar-refractivity contribution in [3.63, 3.8) is 0 Å². The number of carbonyl (C=O) groups is 1. The highest BCUT2D eigenvalue weighted by Gasteiger charge is 2.62. The highest BCUT2D eigenvalue weighted by atomic mass is 32.2. The predicted molar refractivity (Wildman–Crippen MR) is 48.5 cm³/mol. The number of carboxylic acid groups (broad SMARTS) is 1. The van der Waals surface area contributed by atoms with Crippen LogP contribution in [0.1, 0.15) is 5.82 Å². The van der Waals surface area contributed by atoms with Crippen LogP contribution >= 0.6 is 11.8 Å². The van der Waals surface area contributed by atoms with Gasteiger partial charge in [-0.3, -0.25) is 4.79 Å². The molecule has 1 aromatic rings. The van der Waals surface area contributed by atoms with E-state index in [2.05, 4.69) is 10.2 Å². The normalized spacial score (nSPS) is 12.7. The van der Waals surface area contributed by atoms with Crippen LogP contribution in [0.15, 0.2) is 5.16 Å². The predicted octanol–water partition coefficient (Wildman–Crippen LogP) is 0.823. The van der Waals surface area contributed by atoms with Gasteiger partial charge in [-0.15, -0.1) is 10.2 Å². The van der Waals surface area contributed by atoms with Gasteiger partial charge in [-0.2, -0.15) is 22.0 Å². The molecule has 6 nitrogen and oxygen atoms in total. The quantitative estimate of drug-likeness (QED) is 0.485. The third-order valence-electron chi connectivity index (χ3n) is 1.63. The lowest BCUT2D eigenvalue weighted by Gasteiger charge is -2.17. The molecule has 0 radical (unpaired) electrons. The molecule has 0 amide bonds. The van der Waals surface area contributed by atoms with Gasteiger partial charge in [-0.25, -0.2) is 4.68 Å². The summed E-state index contributed by atoms with van der Waals surface area (Å²) in [6.07, 6.45) is -5.87. The molecule has 102 valence electrons. The number of halogens is 5. The van der Waals surface area contributed by atoms with E-state index in [4.69, 9.17) is 10.9 Å². The van der Waals surface area contributed by atoms with Gasteiger partial charge in [0.15, 0.2) is 0 Å². The van der Waals surface area contributed by atoms with Crippen molar-refractivity contribution in [1.82, 2.24) is 14.9 Å². The number of alkyl halides is 5. The number of thioether (sulfide) groups is 1. The van der Waals surface area contributed by atoms with Gasteiger partial charge in [0, 0.05) is 0 Å². The summed E-state index contributed by atoms with van der Waals surface area (Å²) in [6, 6.07) is 0. The van der Waals surface area contributed by atoms with E-state index in [-0.39, 0.29) is 4.68 Å². The number of aromatic nitrogens is 3. The molecule has 0 aliphatic heterocycles. The molecule has 0 aliphatic rings. The van der Waals surface area contributed by atoms with Crippen molar-refractivity contribution in [1.29, 1.82) is 0 Å². The molecular formula is C6H5F5N4O2S. The van der Waals surface area contributed by atoms with E-state index in [0.717, 1.165) is 0 Å². The summed E-state index contributed by atoms with van der Waals surface area (Å²) >= 11 is 0.367. The number of aliphatic carboxylic acids is 1. The van der Waals surface area contributed by atoms with Gasteiger partial charge in [0.25, 0.3) is 0 Å². The number of nitrogen functional groups attached to an aromatic ring is 1. The highest BCUT2D eigenvalue weighted by molar-refractivity contribution is 7.99. The van der Waals surface area contributed by atoms with Crippen molar-refractivity contribution in [3.8, 4) is 0 Å². The van der Waals surface area contributed by atoms with E-state index < -0.39 is 34.8 Å². The SMILES string of the molecule is Nn1c(SCC(=O)O)nnc1C(F)(F)C(F)(F)F. The summed E-state index contributed by atoms with van der Waals surface area (Å²) in [5.74, 6) is -4.02. The Labute approximate surface area is 99.9 Å². The minimum absolute atomic E-state index is 0.0822. The Morgan fingerprint density at radius 1 is 1.33 bits per heavy atom. The van der Waals surface area contributed by atoms with E-state index in [1.165, 1.54) is 0 Å². The van der Waals surface area contributed by atoms with Crippen LogP contribution in [0.25, 0.3) is 0 Å². The summed E-state index contributed by atoms with van der Waals surface area (Å²) in [7, 11) is 0. The fourth-order valence-corrected chi connectivity index (χ4v) is 1.42. The summed E-state index contributed by atoms with van der Waals surface area (Å²) in [4.78, 5) is 10.2. The van der Waals surface area contributed by atoms with E-state index in [1.807, 2.05) is 0 Å². The number of nitrogens with two attached hydrogens (primary N) is 1. The first-order chi connectivity index (χ1) is 8.07. The second-order valence-corrected chi connectivity index (χ2v) is 3.87. The van der Waals surface area contributed by atoms with Crippen LogP contribution in [0.2, 0.25) is 0 Å². The molecule has 0 aromatic carbocycles. The molecule has 0 saturated heterocycles. The maximum atomic E-state index is 12.9. The van der Waals surface area contributed by atoms with Crippen LogP contribution in [0.4, 0.5) is 22.0 Å². The Hall–Kier alpha value is -1.59. The Kier molecular flexibility index (Phi) is 3.69. The Morgan fingerprint density at radius 3 is 2.33 bits per heavy atom. The van der Waals surface area contributed by atoms with Crippen molar-refractivity contribution in [2.45, 2.75) is 17.3 Å².